The molecule has 7 aromatic carbocycles. The Morgan fingerprint density at radius 2 is 0.887 bits per heavy atom. The largest absolute Gasteiger partial charge is 0.309 e. The fourth-order valence-corrected chi connectivity index (χ4v) is 10.1. The molecule has 0 aliphatic heterocycles. The number of para-hydroxylation sites is 3. The zero-order valence-corrected chi connectivity index (χ0v) is 34.3. The van der Waals surface area contributed by atoms with Crippen LogP contribution in [0.1, 0.15) is 0 Å². The van der Waals surface area contributed by atoms with E-state index in [1.807, 2.05) is 36.7 Å². The van der Waals surface area contributed by atoms with Crippen molar-refractivity contribution >= 4 is 71.3 Å². The molecule has 0 aliphatic carbocycles. The second-order valence-electron chi connectivity index (χ2n) is 15.5. The fourth-order valence-electron chi connectivity index (χ4n) is 9.03. The molecule has 0 unspecified atom stereocenters. The van der Waals surface area contributed by atoms with E-state index in [1.54, 1.807) is 11.3 Å². The molecule has 0 fully saturated rings. The quantitative estimate of drug-likeness (QED) is 0.153. The van der Waals surface area contributed by atoms with Crippen molar-refractivity contribution in [2.45, 2.75) is 0 Å². The van der Waals surface area contributed by atoms with Gasteiger partial charge in [0.25, 0.3) is 0 Å². The van der Waals surface area contributed by atoms with Crippen LogP contribution in [0, 0.1) is 0 Å². The Kier molecular flexibility index (Phi) is 8.61. The lowest BCUT2D eigenvalue weighted by atomic mass is 10.1. The minimum Gasteiger partial charge on any atom is -0.309 e. The highest BCUT2D eigenvalue weighted by Gasteiger charge is 2.21. The third-order valence-corrected chi connectivity index (χ3v) is 12.9. The Morgan fingerprint density at radius 3 is 1.48 bits per heavy atom. The summed E-state index contributed by atoms with van der Waals surface area (Å²) in [4.78, 5) is 12.9. The summed E-state index contributed by atoms with van der Waals surface area (Å²) in [6.07, 6.45) is 3.70. The van der Waals surface area contributed by atoms with Gasteiger partial charge in [-0.05, 0) is 121 Å². The van der Waals surface area contributed by atoms with Gasteiger partial charge >= 0.3 is 0 Å². The molecule has 0 spiro atoms. The van der Waals surface area contributed by atoms with Crippen LogP contribution in [0.5, 0.6) is 0 Å². The zero-order chi connectivity index (χ0) is 41.0. The van der Waals surface area contributed by atoms with Crippen molar-refractivity contribution in [2.24, 2.45) is 0 Å². The van der Waals surface area contributed by atoms with Crippen molar-refractivity contribution in [2.75, 3.05) is 4.90 Å². The topological polar surface area (TPSA) is 38.9 Å². The van der Waals surface area contributed by atoms with Gasteiger partial charge < -0.3 is 14.0 Å². The van der Waals surface area contributed by atoms with Crippen LogP contribution in [-0.4, -0.2) is 19.1 Å². The molecular formula is C56H37N5S. The molecule has 0 N–H and O–H groups in total. The Labute approximate surface area is 362 Å². The molecule has 12 rings (SSSR count). The zero-order valence-electron chi connectivity index (χ0n) is 33.5. The van der Waals surface area contributed by atoms with E-state index in [9.17, 15) is 0 Å². The molecule has 5 heterocycles. The Bertz CT molecular complexity index is 3490. The fraction of sp³-hybridized carbons (Fsp3) is 0. The van der Waals surface area contributed by atoms with E-state index in [0.717, 1.165) is 50.3 Å². The minimum absolute atomic E-state index is 0.938. The molecule has 0 aliphatic rings. The molecule has 5 nitrogen and oxygen atoms in total. The third kappa shape index (κ3) is 6.08. The van der Waals surface area contributed by atoms with Crippen LogP contribution < -0.4 is 4.90 Å². The lowest BCUT2D eigenvalue weighted by molar-refractivity contribution is 1.17. The summed E-state index contributed by atoms with van der Waals surface area (Å²) in [6, 6.07) is 75.9. The molecule has 5 aromatic heterocycles. The number of aromatic nitrogens is 4. The second kappa shape index (κ2) is 14.9. The van der Waals surface area contributed by atoms with Gasteiger partial charge in [-0.25, -0.2) is 0 Å². The molecule has 0 radical (unpaired) electrons. The lowest BCUT2D eigenvalue weighted by Crippen LogP contribution is -2.08. The van der Waals surface area contributed by atoms with Gasteiger partial charge in [-0.3, -0.25) is 9.97 Å². The van der Waals surface area contributed by atoms with Crippen molar-refractivity contribution in [3.8, 4) is 44.3 Å². The number of pyridine rings is 2. The average Bonchev–Trinajstić information content (AvgIpc) is 4.05. The monoisotopic (exact) mass is 811 g/mol. The maximum absolute atomic E-state index is 4.68. The number of hydrogen-bond acceptors (Lipinski definition) is 4. The number of hydrogen-bond donors (Lipinski definition) is 0. The van der Waals surface area contributed by atoms with Crippen LogP contribution in [0.4, 0.5) is 16.4 Å². The Morgan fingerprint density at radius 1 is 0.355 bits per heavy atom. The van der Waals surface area contributed by atoms with Crippen molar-refractivity contribution < 1.29 is 0 Å². The molecule has 0 atom stereocenters. The summed E-state index contributed by atoms with van der Waals surface area (Å²) in [7, 11) is 0. The Balaban J connectivity index is 1.04. The van der Waals surface area contributed by atoms with E-state index in [2.05, 4.69) is 212 Å². The number of fused-ring (bicyclic) bond motifs is 6. The van der Waals surface area contributed by atoms with Gasteiger partial charge in [-0.1, -0.05) is 97.1 Å². The van der Waals surface area contributed by atoms with Crippen LogP contribution in [0.2, 0.25) is 0 Å². The van der Waals surface area contributed by atoms with Crippen LogP contribution in [-0.2, 0) is 0 Å². The van der Waals surface area contributed by atoms with Gasteiger partial charge in [0.05, 0.1) is 33.5 Å². The summed E-state index contributed by atoms with van der Waals surface area (Å²) in [5.41, 5.74) is 14.3. The smallest absolute Gasteiger partial charge is 0.101 e. The predicted molar refractivity (Wildman–Crippen MR) is 260 cm³/mol. The molecule has 12 aromatic rings. The van der Waals surface area contributed by atoms with E-state index in [1.165, 1.54) is 54.1 Å². The van der Waals surface area contributed by atoms with E-state index in [0.29, 0.717) is 0 Å². The van der Waals surface area contributed by atoms with E-state index in [-0.39, 0.29) is 0 Å². The number of anilines is 3. The van der Waals surface area contributed by atoms with Gasteiger partial charge in [0.1, 0.15) is 5.00 Å². The van der Waals surface area contributed by atoms with Crippen LogP contribution in [0.25, 0.3) is 87.9 Å². The van der Waals surface area contributed by atoms with E-state index < -0.39 is 0 Å². The highest BCUT2D eigenvalue weighted by Crippen LogP contribution is 2.45. The first-order chi connectivity index (χ1) is 30.7. The van der Waals surface area contributed by atoms with Crippen molar-refractivity contribution in [1.29, 1.82) is 0 Å². The molecule has 6 heteroatoms. The number of nitrogens with zero attached hydrogens (tertiary/aromatic N) is 5. The lowest BCUT2D eigenvalue weighted by Gasteiger charge is -2.24. The summed E-state index contributed by atoms with van der Waals surface area (Å²) in [5, 5.41) is 6.02. The maximum Gasteiger partial charge on any atom is 0.101 e. The Hall–Kier alpha value is -8.06. The van der Waals surface area contributed by atoms with Crippen LogP contribution in [0.3, 0.4) is 0 Å². The van der Waals surface area contributed by atoms with Crippen molar-refractivity contribution in [1.82, 2.24) is 19.1 Å². The minimum atomic E-state index is 0.938. The first kappa shape index (κ1) is 35.8. The van der Waals surface area contributed by atoms with Gasteiger partial charge in [0, 0.05) is 72.7 Å². The van der Waals surface area contributed by atoms with Crippen molar-refractivity contribution in [3.05, 3.63) is 225 Å². The van der Waals surface area contributed by atoms with Crippen molar-refractivity contribution in [3.63, 3.8) is 0 Å². The SMILES string of the molecule is c1ccc(-n2c3ccccc3c3cc4c(cc32)c2cc(-c3ccc(N(c5cccc(-c6ccccn6)c5)c5cccc(-c6ccccn6)c5)s3)ccc2n4-c2ccccc2)cc1. The van der Waals surface area contributed by atoms with Crippen LogP contribution in [0.15, 0.2) is 225 Å². The normalized spacial score (nSPS) is 11.5. The average molecular weight is 812 g/mol. The maximum atomic E-state index is 4.68. The number of benzene rings is 7. The highest BCUT2D eigenvalue weighted by atomic mass is 32.1. The molecule has 292 valence electrons. The van der Waals surface area contributed by atoms with E-state index in [4.69, 9.17) is 0 Å². The van der Waals surface area contributed by atoms with Gasteiger partial charge in [-0.15, -0.1) is 11.3 Å². The standard InChI is InChI=1S/C56H37N5S/c1-3-17-41(18-4-1)60-51-26-8-7-23-45(51)47-36-54-48(37-53(47)60)46-35-40(27-28-52(46)61(54)42-19-5-2-6-20-42)55-29-30-56(62-55)59(43-21-13-15-38(33-43)49-24-9-11-31-57-49)44-22-14-16-39(34-44)50-25-10-12-32-58-50/h1-37H. The van der Waals surface area contributed by atoms with Gasteiger partial charge in [0.2, 0.25) is 0 Å². The highest BCUT2D eigenvalue weighted by molar-refractivity contribution is 7.19. The summed E-state index contributed by atoms with van der Waals surface area (Å²) < 4.78 is 4.83. The first-order valence-corrected chi connectivity index (χ1v) is 21.6. The predicted octanol–water partition coefficient (Wildman–Crippen LogP) is 15.2. The summed E-state index contributed by atoms with van der Waals surface area (Å²) in [6.45, 7) is 0. The summed E-state index contributed by atoms with van der Waals surface area (Å²) in [5.74, 6) is 0. The van der Waals surface area contributed by atoms with Gasteiger partial charge in [-0.2, -0.15) is 0 Å². The molecule has 0 saturated heterocycles. The third-order valence-electron chi connectivity index (χ3n) is 11.8. The summed E-state index contributed by atoms with van der Waals surface area (Å²) >= 11 is 1.79. The number of rotatable bonds is 8. The van der Waals surface area contributed by atoms with Crippen LogP contribution >= 0.6 is 11.3 Å². The molecule has 62 heavy (non-hydrogen) atoms. The molecule has 0 bridgehead atoms. The van der Waals surface area contributed by atoms with E-state index >= 15 is 0 Å². The molecule has 0 amide bonds. The molecule has 0 saturated carbocycles. The van der Waals surface area contributed by atoms with Gasteiger partial charge in [0.15, 0.2) is 0 Å². The number of thiophene rings is 1. The first-order valence-electron chi connectivity index (χ1n) is 20.8. The molecular weight excluding hydrogens is 775 g/mol. The second-order valence-corrected chi connectivity index (χ2v) is 16.5.